The van der Waals surface area contributed by atoms with Crippen LogP contribution in [-0.4, -0.2) is 12.2 Å². The Morgan fingerprint density at radius 1 is 1.00 bits per heavy atom. The Bertz CT molecular complexity index is 316. The van der Waals surface area contributed by atoms with Crippen molar-refractivity contribution >= 4 is 0 Å². The molecule has 1 rings (SSSR count). The average Bonchev–Trinajstić information content (AvgIpc) is 2.14. The molecule has 0 aliphatic carbocycles. The molecule has 0 saturated heterocycles. The molecule has 0 heterocycles. The molecule has 0 atom stereocenters. The maximum absolute atomic E-state index is 9.53. The molecule has 0 aliphatic heterocycles. The maximum Gasteiger partial charge on any atom is 3.00 e. The third-order valence-corrected chi connectivity index (χ3v) is 1.77. The average molecular weight is 313 g/mol. The van der Waals surface area contributed by atoms with Gasteiger partial charge in [-0.05, 0) is 5.41 Å². The molecule has 0 aromatic heterocycles. The minimum absolute atomic E-state index is 0. The summed E-state index contributed by atoms with van der Waals surface area (Å²) in [6, 6.07) is 9.52. The van der Waals surface area contributed by atoms with Gasteiger partial charge in [-0.1, -0.05) is 55.4 Å². The topological polar surface area (TPSA) is 46.1 Å². The van der Waals surface area contributed by atoms with Crippen LogP contribution in [-0.2, 0) is 27.1 Å². The summed E-state index contributed by atoms with van der Waals surface area (Å²) in [4.78, 5) is 0. The fraction of sp³-hybridized carbons (Fsp3) is 0.647. The molecule has 0 unspecified atom stereocenters. The Morgan fingerprint density at radius 3 is 1.55 bits per heavy atom. The number of benzene rings is 1. The van der Waals surface area contributed by atoms with Gasteiger partial charge in [0.1, 0.15) is 0 Å². The quantitative estimate of drug-likeness (QED) is 0.546. The van der Waals surface area contributed by atoms with Crippen LogP contribution in [0.15, 0.2) is 18.2 Å². The first-order valence-corrected chi connectivity index (χ1v) is 6.77. The van der Waals surface area contributed by atoms with Crippen LogP contribution in [0.4, 0.5) is 0 Å². The van der Waals surface area contributed by atoms with E-state index in [9.17, 15) is 10.2 Å². The third-order valence-electron chi connectivity index (χ3n) is 1.77. The summed E-state index contributed by atoms with van der Waals surface area (Å²) in [5, 5.41) is 19.1. The smallest absolute Gasteiger partial charge is 0.852 e. The Labute approximate surface area is 140 Å². The van der Waals surface area contributed by atoms with Crippen LogP contribution < -0.4 is 10.2 Å². The molecule has 2 nitrogen and oxygen atoms in total. The van der Waals surface area contributed by atoms with E-state index in [1.807, 2.05) is 6.07 Å². The first kappa shape index (κ1) is 24.8. The van der Waals surface area contributed by atoms with Crippen molar-refractivity contribution in [2.45, 2.75) is 73.0 Å². The molecule has 113 valence electrons. The third kappa shape index (κ3) is 20.2. The van der Waals surface area contributed by atoms with Crippen LogP contribution in [0.2, 0.25) is 0 Å². The number of rotatable bonds is 0. The molecule has 0 bridgehead atoms. The van der Waals surface area contributed by atoms with Gasteiger partial charge in [0.25, 0.3) is 0 Å². The van der Waals surface area contributed by atoms with Gasteiger partial charge in [0.2, 0.25) is 0 Å². The van der Waals surface area contributed by atoms with Gasteiger partial charge in [-0.25, -0.2) is 0 Å². The molecule has 3 heteroatoms. The van der Waals surface area contributed by atoms with Gasteiger partial charge in [-0.3, -0.25) is 0 Å². The van der Waals surface area contributed by atoms with E-state index >= 15 is 0 Å². The Hall–Kier alpha value is -0.146. The van der Waals surface area contributed by atoms with Crippen LogP contribution in [0.5, 0.6) is 0 Å². The minimum atomic E-state index is -0.417. The molecule has 0 spiro atoms. The second-order valence-corrected chi connectivity index (χ2v) is 6.13. The number of hydrogen-bond donors (Lipinski definition) is 0. The predicted molar refractivity (Wildman–Crippen MR) is 79.0 cm³/mol. The molecule has 0 saturated carbocycles. The van der Waals surface area contributed by atoms with Crippen molar-refractivity contribution in [3.8, 4) is 0 Å². The molecule has 20 heavy (non-hydrogen) atoms. The zero-order chi connectivity index (χ0) is 15.6. The summed E-state index contributed by atoms with van der Waals surface area (Å²) in [6.45, 7) is 15.2. The molecule has 0 fully saturated rings. The summed E-state index contributed by atoms with van der Waals surface area (Å²) >= 11 is 0. The Morgan fingerprint density at radius 2 is 1.35 bits per heavy atom. The number of hydrogen-bond acceptors (Lipinski definition) is 2. The van der Waals surface area contributed by atoms with Crippen molar-refractivity contribution in [2.24, 2.45) is 0 Å². The van der Waals surface area contributed by atoms with E-state index in [4.69, 9.17) is 0 Å². The van der Waals surface area contributed by atoms with Gasteiger partial charge in [0.15, 0.2) is 0 Å². The van der Waals surface area contributed by atoms with E-state index < -0.39 is 12.2 Å². The molecule has 1 aromatic rings. The van der Waals surface area contributed by atoms with Crippen molar-refractivity contribution in [3.63, 3.8) is 0 Å². The van der Waals surface area contributed by atoms with E-state index in [1.54, 1.807) is 27.7 Å². The van der Waals surface area contributed by atoms with E-state index in [1.165, 1.54) is 11.1 Å². The Balaban J connectivity index is -0.000000272. The van der Waals surface area contributed by atoms with Gasteiger partial charge < -0.3 is 10.2 Å². The molecule has 0 N–H and O–H groups in total. The standard InChI is InChI=1S/C11H15.2C3H7O.Ti/c1-9-6-5-7-10(8-9)11(2,3)4;2*1-3(2)4;/h5-6,8H,1-4H3;2*3H,1-2H3;/q3*-1;+3. The molecule has 0 aliphatic rings. The second kappa shape index (κ2) is 12.6. The minimum Gasteiger partial charge on any atom is -0.852 e. The predicted octanol–water partition coefficient (Wildman–Crippen LogP) is 2.60. The van der Waals surface area contributed by atoms with Crippen LogP contribution in [0.25, 0.3) is 0 Å². The molecular weight excluding hydrogens is 284 g/mol. The van der Waals surface area contributed by atoms with E-state index in [2.05, 4.69) is 45.9 Å². The van der Waals surface area contributed by atoms with Gasteiger partial charge >= 0.3 is 21.7 Å². The fourth-order valence-corrected chi connectivity index (χ4v) is 1.01. The van der Waals surface area contributed by atoms with Crippen LogP contribution in [0.3, 0.4) is 0 Å². The summed E-state index contributed by atoms with van der Waals surface area (Å²) in [7, 11) is 0. The van der Waals surface area contributed by atoms with E-state index in [-0.39, 0.29) is 27.1 Å². The van der Waals surface area contributed by atoms with Crippen LogP contribution >= 0.6 is 0 Å². The van der Waals surface area contributed by atoms with Crippen LogP contribution in [0.1, 0.15) is 59.6 Å². The molecular formula is C17H29O2Ti. The second-order valence-electron chi connectivity index (χ2n) is 6.13. The SMILES string of the molecule is CC(C)[O-].CC(C)[O-].Cc1cc[c-]c(C(C)(C)C)c1.[Ti+3]. The summed E-state index contributed by atoms with van der Waals surface area (Å²) < 4.78 is 0. The first-order chi connectivity index (χ1) is 8.46. The summed E-state index contributed by atoms with van der Waals surface area (Å²) in [5.41, 5.74) is 2.83. The van der Waals surface area contributed by atoms with Gasteiger partial charge in [0.05, 0.1) is 0 Å². The van der Waals surface area contributed by atoms with E-state index in [0.717, 1.165) is 0 Å². The molecule has 0 amide bonds. The maximum atomic E-state index is 9.53. The van der Waals surface area contributed by atoms with Crippen molar-refractivity contribution in [1.29, 1.82) is 0 Å². The van der Waals surface area contributed by atoms with Gasteiger partial charge in [-0.15, -0.1) is 12.2 Å². The van der Waals surface area contributed by atoms with Crippen molar-refractivity contribution in [2.75, 3.05) is 0 Å². The zero-order valence-electron chi connectivity index (χ0n) is 14.2. The zero-order valence-corrected chi connectivity index (χ0v) is 15.8. The molecule has 1 radical (unpaired) electrons. The molecule has 1 aromatic carbocycles. The van der Waals surface area contributed by atoms with Crippen molar-refractivity contribution in [1.82, 2.24) is 0 Å². The first-order valence-electron chi connectivity index (χ1n) is 6.77. The summed E-state index contributed by atoms with van der Waals surface area (Å²) in [5.74, 6) is 0. The van der Waals surface area contributed by atoms with Crippen molar-refractivity contribution in [3.05, 3.63) is 35.4 Å². The fourth-order valence-electron chi connectivity index (χ4n) is 1.01. The van der Waals surface area contributed by atoms with E-state index in [0.29, 0.717) is 0 Å². The normalized spacial score (nSPS) is 10.0. The Kier molecular flexibility index (Phi) is 15.6. The monoisotopic (exact) mass is 313 g/mol. The summed E-state index contributed by atoms with van der Waals surface area (Å²) in [6.07, 6.45) is -0.833. The van der Waals surface area contributed by atoms with Gasteiger partial charge in [0, 0.05) is 0 Å². The van der Waals surface area contributed by atoms with Crippen molar-refractivity contribution < 1.29 is 31.9 Å². The van der Waals surface area contributed by atoms with Crippen LogP contribution in [0, 0.1) is 13.0 Å². The largest absolute Gasteiger partial charge is 3.00 e. The number of aryl methyl sites for hydroxylation is 1. The van der Waals surface area contributed by atoms with Gasteiger partial charge in [-0.2, -0.15) is 35.4 Å².